The maximum atomic E-state index is 11.3. The molecule has 0 N–H and O–H groups in total. The first-order valence-corrected chi connectivity index (χ1v) is 7.73. The van der Waals surface area contributed by atoms with Crippen LogP contribution in [-0.2, 0) is 16.1 Å². The largest absolute Gasteiger partial charge is 0.490 e. The van der Waals surface area contributed by atoms with E-state index in [-0.39, 0.29) is 17.3 Å². The monoisotopic (exact) mass is 332 g/mol. The molecule has 1 aromatic carbocycles. The topological polar surface area (TPSA) is 117 Å². The fraction of sp³-hybridized carbons (Fsp3) is 0.200. The van der Waals surface area contributed by atoms with Crippen molar-refractivity contribution in [1.82, 2.24) is 14.8 Å². The zero-order valence-electron chi connectivity index (χ0n) is 10.8. The summed E-state index contributed by atoms with van der Waals surface area (Å²) in [5.74, 6) is 0.205. The summed E-state index contributed by atoms with van der Waals surface area (Å²) in [5.41, 5.74) is 0.0392. The van der Waals surface area contributed by atoms with Crippen LogP contribution in [0.25, 0.3) is 11.4 Å². The number of rotatable bonds is 4. The van der Waals surface area contributed by atoms with Crippen LogP contribution in [-0.4, -0.2) is 35.2 Å². The summed E-state index contributed by atoms with van der Waals surface area (Å²) >= 11 is 0. The first kappa shape index (κ1) is 15.2. The number of methoxy groups -OCH3 is 1. The van der Waals surface area contributed by atoms with Gasteiger partial charge < -0.3 is 4.74 Å². The van der Waals surface area contributed by atoms with E-state index >= 15 is 0 Å². The molecule has 2 rings (SSSR count). The molecule has 0 aliphatic carbocycles. The van der Waals surface area contributed by atoms with Crippen LogP contribution in [0.3, 0.4) is 0 Å². The third-order valence-corrected chi connectivity index (χ3v) is 3.89. The Morgan fingerprint density at radius 2 is 2.05 bits per heavy atom. The van der Waals surface area contributed by atoms with Crippen molar-refractivity contribution in [2.75, 3.05) is 7.11 Å². The SMILES string of the molecule is COc1ccc(-c2nnc(S(=O)(=O)Cl)n2C)cc1[N+](=O)[O-]. The summed E-state index contributed by atoms with van der Waals surface area (Å²) in [7, 11) is 3.86. The van der Waals surface area contributed by atoms with Gasteiger partial charge in [-0.3, -0.25) is 14.7 Å². The van der Waals surface area contributed by atoms with Crippen molar-refractivity contribution in [1.29, 1.82) is 0 Å². The van der Waals surface area contributed by atoms with Gasteiger partial charge in [0.1, 0.15) is 0 Å². The van der Waals surface area contributed by atoms with Crippen LogP contribution in [0.15, 0.2) is 23.4 Å². The Balaban J connectivity index is 2.61. The van der Waals surface area contributed by atoms with Gasteiger partial charge >= 0.3 is 5.69 Å². The summed E-state index contributed by atoms with van der Waals surface area (Å²) in [5, 5.41) is 17.7. The Labute approximate surface area is 123 Å². The number of benzene rings is 1. The van der Waals surface area contributed by atoms with Gasteiger partial charge in [0, 0.05) is 29.4 Å². The lowest BCUT2D eigenvalue weighted by molar-refractivity contribution is -0.385. The highest BCUT2D eigenvalue weighted by Crippen LogP contribution is 2.31. The number of halogens is 1. The summed E-state index contributed by atoms with van der Waals surface area (Å²) < 4.78 is 28.6. The van der Waals surface area contributed by atoms with Crippen molar-refractivity contribution in [2.24, 2.45) is 7.05 Å². The number of hydrogen-bond donors (Lipinski definition) is 0. The number of aromatic nitrogens is 3. The average Bonchev–Trinajstić information content (AvgIpc) is 2.79. The van der Waals surface area contributed by atoms with E-state index < -0.39 is 19.1 Å². The molecule has 0 bridgehead atoms. The van der Waals surface area contributed by atoms with Gasteiger partial charge in [-0.25, -0.2) is 8.42 Å². The van der Waals surface area contributed by atoms with Gasteiger partial charge in [0.05, 0.1) is 12.0 Å². The normalized spacial score (nSPS) is 11.4. The van der Waals surface area contributed by atoms with E-state index in [1.54, 1.807) is 0 Å². The number of nitro groups is 1. The molecule has 0 saturated carbocycles. The molecule has 0 atom stereocenters. The highest BCUT2D eigenvalue weighted by molar-refractivity contribution is 8.13. The maximum absolute atomic E-state index is 11.3. The van der Waals surface area contributed by atoms with Crippen molar-refractivity contribution in [3.8, 4) is 17.1 Å². The summed E-state index contributed by atoms with van der Waals surface area (Å²) in [4.78, 5) is 10.4. The Kier molecular flexibility index (Phi) is 3.83. The predicted molar refractivity (Wildman–Crippen MR) is 72.7 cm³/mol. The summed E-state index contributed by atoms with van der Waals surface area (Å²) in [6, 6.07) is 4.10. The van der Waals surface area contributed by atoms with Crippen LogP contribution in [0.4, 0.5) is 5.69 Å². The number of nitro benzene ring substituents is 1. The van der Waals surface area contributed by atoms with Gasteiger partial charge in [-0.05, 0) is 12.1 Å². The third-order valence-electron chi connectivity index (χ3n) is 2.69. The molecule has 0 amide bonds. The maximum Gasteiger partial charge on any atom is 0.311 e. The van der Waals surface area contributed by atoms with Gasteiger partial charge in [0.15, 0.2) is 11.6 Å². The fourth-order valence-electron chi connectivity index (χ4n) is 1.75. The minimum absolute atomic E-state index is 0.0797. The van der Waals surface area contributed by atoms with Crippen LogP contribution in [0.2, 0.25) is 0 Å². The van der Waals surface area contributed by atoms with Crippen molar-refractivity contribution >= 4 is 25.4 Å². The smallest absolute Gasteiger partial charge is 0.311 e. The Hall–Kier alpha value is -2.20. The minimum atomic E-state index is -4.06. The van der Waals surface area contributed by atoms with Gasteiger partial charge in [0.25, 0.3) is 14.2 Å². The highest BCUT2D eigenvalue weighted by atomic mass is 35.7. The molecule has 2 aromatic rings. The molecule has 0 aliphatic rings. The van der Waals surface area contributed by atoms with E-state index in [2.05, 4.69) is 10.2 Å². The number of hydrogen-bond acceptors (Lipinski definition) is 7. The van der Waals surface area contributed by atoms with E-state index in [9.17, 15) is 18.5 Å². The van der Waals surface area contributed by atoms with E-state index in [0.717, 1.165) is 4.57 Å². The van der Waals surface area contributed by atoms with Crippen LogP contribution in [0.5, 0.6) is 5.75 Å². The van der Waals surface area contributed by atoms with Crippen molar-refractivity contribution in [2.45, 2.75) is 5.16 Å². The molecule has 1 aromatic heterocycles. The molecule has 0 radical (unpaired) electrons. The second-order valence-corrected chi connectivity index (χ2v) is 6.41. The minimum Gasteiger partial charge on any atom is -0.490 e. The highest BCUT2D eigenvalue weighted by Gasteiger charge is 2.23. The van der Waals surface area contributed by atoms with Gasteiger partial charge in [-0.15, -0.1) is 10.2 Å². The second kappa shape index (κ2) is 5.30. The van der Waals surface area contributed by atoms with Crippen molar-refractivity contribution < 1.29 is 18.1 Å². The zero-order chi connectivity index (χ0) is 15.8. The Bertz CT molecular complexity index is 817. The molecular weight excluding hydrogens is 324 g/mol. The lowest BCUT2D eigenvalue weighted by Gasteiger charge is -2.05. The van der Waals surface area contributed by atoms with E-state index in [0.29, 0.717) is 5.56 Å². The standard InChI is InChI=1S/C10H9ClN4O5S/c1-14-9(12-13-10(14)21(11,18)19)6-3-4-8(20-2)7(5-6)15(16)17/h3-5H,1-2H3. The van der Waals surface area contributed by atoms with Crippen LogP contribution < -0.4 is 4.74 Å². The average molecular weight is 333 g/mol. The number of ether oxygens (including phenoxy) is 1. The summed E-state index contributed by atoms with van der Waals surface area (Å²) in [6.07, 6.45) is 0. The number of nitrogens with zero attached hydrogens (tertiary/aromatic N) is 4. The lowest BCUT2D eigenvalue weighted by atomic mass is 10.2. The van der Waals surface area contributed by atoms with Gasteiger partial charge in [0.2, 0.25) is 0 Å². The molecule has 21 heavy (non-hydrogen) atoms. The van der Waals surface area contributed by atoms with Crippen molar-refractivity contribution in [3.05, 3.63) is 28.3 Å². The first-order chi connectivity index (χ1) is 9.75. The van der Waals surface area contributed by atoms with Crippen LogP contribution >= 0.6 is 10.7 Å². The van der Waals surface area contributed by atoms with Crippen molar-refractivity contribution in [3.63, 3.8) is 0 Å². The fourth-order valence-corrected chi connectivity index (χ4v) is 2.71. The van der Waals surface area contributed by atoms with E-state index in [1.807, 2.05) is 0 Å². The molecule has 0 saturated heterocycles. The Morgan fingerprint density at radius 3 is 2.52 bits per heavy atom. The molecule has 11 heteroatoms. The van der Waals surface area contributed by atoms with E-state index in [4.69, 9.17) is 15.4 Å². The van der Waals surface area contributed by atoms with Crippen LogP contribution in [0.1, 0.15) is 0 Å². The van der Waals surface area contributed by atoms with E-state index in [1.165, 1.54) is 32.4 Å². The van der Waals surface area contributed by atoms with Crippen LogP contribution in [0, 0.1) is 10.1 Å². The third kappa shape index (κ3) is 2.81. The molecule has 0 fully saturated rings. The zero-order valence-corrected chi connectivity index (χ0v) is 12.4. The second-order valence-electron chi connectivity index (χ2n) is 3.95. The van der Waals surface area contributed by atoms with Gasteiger partial charge in [-0.2, -0.15) is 0 Å². The molecule has 0 aliphatic heterocycles. The molecule has 112 valence electrons. The molecule has 0 spiro atoms. The quantitative estimate of drug-likeness (QED) is 0.470. The Morgan fingerprint density at radius 1 is 1.38 bits per heavy atom. The molecule has 1 heterocycles. The molecule has 9 nitrogen and oxygen atoms in total. The predicted octanol–water partition coefficient (Wildman–Crippen LogP) is 1.33. The molecule has 0 unspecified atom stereocenters. The first-order valence-electron chi connectivity index (χ1n) is 5.42. The summed E-state index contributed by atoms with van der Waals surface area (Å²) in [6.45, 7) is 0. The van der Waals surface area contributed by atoms with Gasteiger partial charge in [-0.1, -0.05) is 0 Å². The lowest BCUT2D eigenvalue weighted by Crippen LogP contribution is -2.03. The molecular formula is C10H9ClN4O5S.